The summed E-state index contributed by atoms with van der Waals surface area (Å²) < 4.78 is 0.856. The molecule has 0 atom stereocenters. The van der Waals surface area contributed by atoms with Gasteiger partial charge >= 0.3 is 0 Å². The van der Waals surface area contributed by atoms with Crippen LogP contribution >= 0.6 is 15.9 Å². The van der Waals surface area contributed by atoms with E-state index in [4.69, 9.17) is 0 Å². The van der Waals surface area contributed by atoms with Crippen LogP contribution < -0.4 is 10.6 Å². The molecular weight excluding hydrogens is 308 g/mol. The quantitative estimate of drug-likeness (QED) is 0.788. The van der Waals surface area contributed by atoms with Gasteiger partial charge in [-0.25, -0.2) is 4.98 Å². The monoisotopic (exact) mass is 322 g/mol. The topological polar surface area (TPSA) is 78.5 Å². The second-order valence-electron chi connectivity index (χ2n) is 4.52. The lowest BCUT2D eigenvalue weighted by atomic mass is 10.2. The third-order valence-electron chi connectivity index (χ3n) is 2.99. The van der Waals surface area contributed by atoms with Gasteiger partial charge in [-0.2, -0.15) is 10.1 Å². The maximum absolute atomic E-state index is 4.44. The van der Waals surface area contributed by atoms with E-state index in [0.717, 1.165) is 28.2 Å². The van der Waals surface area contributed by atoms with E-state index in [-0.39, 0.29) is 0 Å². The van der Waals surface area contributed by atoms with Crippen LogP contribution in [0.3, 0.4) is 0 Å². The fourth-order valence-corrected chi connectivity index (χ4v) is 2.25. The molecule has 1 fully saturated rings. The van der Waals surface area contributed by atoms with Gasteiger partial charge in [-0.1, -0.05) is 0 Å². The molecule has 6 nitrogen and oxygen atoms in total. The highest BCUT2D eigenvalue weighted by molar-refractivity contribution is 9.10. The van der Waals surface area contributed by atoms with Crippen molar-refractivity contribution >= 4 is 33.4 Å². The zero-order valence-electron chi connectivity index (χ0n) is 10.6. The highest BCUT2D eigenvalue weighted by Crippen LogP contribution is 2.42. The molecule has 0 unspecified atom stereocenters. The summed E-state index contributed by atoms with van der Waals surface area (Å²) in [6.45, 7) is 2.84. The molecule has 7 heteroatoms. The van der Waals surface area contributed by atoms with Crippen molar-refractivity contribution in [2.75, 3.05) is 17.2 Å². The number of nitrogens with one attached hydrogen (secondary N) is 3. The van der Waals surface area contributed by atoms with Crippen LogP contribution in [0, 0.1) is 0 Å². The average Bonchev–Trinajstić information content (AvgIpc) is 3.15. The summed E-state index contributed by atoms with van der Waals surface area (Å²) in [5.74, 6) is 1.97. The van der Waals surface area contributed by atoms with Crippen molar-refractivity contribution in [2.45, 2.75) is 25.7 Å². The molecular formula is C12H15BrN6. The largest absolute Gasteiger partial charge is 0.369 e. The molecule has 3 rings (SSSR count). The number of halogens is 1. The van der Waals surface area contributed by atoms with Crippen molar-refractivity contribution in [3.05, 3.63) is 22.6 Å². The average molecular weight is 323 g/mol. The number of nitrogens with zero attached hydrogens (tertiary/aromatic N) is 3. The van der Waals surface area contributed by atoms with Crippen molar-refractivity contribution in [1.29, 1.82) is 0 Å². The molecule has 1 saturated carbocycles. The molecule has 0 radical (unpaired) electrons. The van der Waals surface area contributed by atoms with Gasteiger partial charge in [0.1, 0.15) is 5.82 Å². The van der Waals surface area contributed by atoms with E-state index in [1.54, 1.807) is 12.4 Å². The van der Waals surface area contributed by atoms with Gasteiger partial charge in [0.15, 0.2) is 0 Å². The van der Waals surface area contributed by atoms with Gasteiger partial charge in [-0.05, 0) is 35.7 Å². The summed E-state index contributed by atoms with van der Waals surface area (Å²) >= 11 is 3.42. The second kappa shape index (κ2) is 5.16. The molecule has 0 aliphatic heterocycles. The van der Waals surface area contributed by atoms with Gasteiger partial charge in [0.25, 0.3) is 0 Å². The van der Waals surface area contributed by atoms with Crippen LogP contribution in [0.1, 0.15) is 31.4 Å². The third kappa shape index (κ3) is 2.70. The molecule has 3 N–H and O–H groups in total. The number of rotatable bonds is 5. The van der Waals surface area contributed by atoms with E-state index in [1.807, 2.05) is 6.92 Å². The Balaban J connectivity index is 1.82. The maximum atomic E-state index is 4.44. The molecule has 100 valence electrons. The Hall–Kier alpha value is -1.63. The molecule has 0 bridgehead atoms. The Morgan fingerprint density at radius 2 is 2.26 bits per heavy atom. The van der Waals surface area contributed by atoms with Crippen LogP contribution in [0.4, 0.5) is 17.5 Å². The van der Waals surface area contributed by atoms with E-state index < -0.39 is 0 Å². The van der Waals surface area contributed by atoms with Crippen molar-refractivity contribution in [2.24, 2.45) is 0 Å². The smallest absolute Gasteiger partial charge is 0.229 e. The summed E-state index contributed by atoms with van der Waals surface area (Å²) in [7, 11) is 0. The lowest BCUT2D eigenvalue weighted by Gasteiger charge is -2.08. The van der Waals surface area contributed by atoms with Gasteiger partial charge < -0.3 is 10.6 Å². The normalized spacial score (nSPS) is 14.4. The SMILES string of the molecule is CCNc1nc(Nc2cn[nH]c2C2CC2)ncc1Br. The predicted molar refractivity (Wildman–Crippen MR) is 77.7 cm³/mol. The van der Waals surface area contributed by atoms with Crippen LogP contribution in [0.25, 0.3) is 0 Å². The second-order valence-corrected chi connectivity index (χ2v) is 5.37. The number of aromatic amines is 1. The number of H-pyrrole nitrogens is 1. The molecule has 0 spiro atoms. The molecule has 2 aromatic heterocycles. The van der Waals surface area contributed by atoms with E-state index in [0.29, 0.717) is 11.9 Å². The summed E-state index contributed by atoms with van der Waals surface area (Å²) in [6, 6.07) is 0. The number of hydrogen-bond donors (Lipinski definition) is 3. The van der Waals surface area contributed by atoms with Gasteiger partial charge in [-0.3, -0.25) is 5.10 Å². The van der Waals surface area contributed by atoms with Crippen LogP contribution in [-0.2, 0) is 0 Å². The third-order valence-corrected chi connectivity index (χ3v) is 3.57. The Kier molecular flexibility index (Phi) is 3.37. The van der Waals surface area contributed by atoms with Crippen molar-refractivity contribution in [1.82, 2.24) is 20.2 Å². The van der Waals surface area contributed by atoms with Gasteiger partial charge in [-0.15, -0.1) is 0 Å². The Labute approximate surface area is 119 Å². The fourth-order valence-electron chi connectivity index (χ4n) is 1.92. The molecule has 0 saturated heterocycles. The molecule has 1 aliphatic carbocycles. The first-order chi connectivity index (χ1) is 9.28. The molecule has 0 aromatic carbocycles. The molecule has 2 heterocycles. The zero-order valence-corrected chi connectivity index (χ0v) is 12.2. The summed E-state index contributed by atoms with van der Waals surface area (Å²) in [4.78, 5) is 8.70. The van der Waals surface area contributed by atoms with Crippen molar-refractivity contribution in [3.8, 4) is 0 Å². The van der Waals surface area contributed by atoms with Crippen LogP contribution in [0.15, 0.2) is 16.9 Å². The Bertz CT molecular complexity index is 577. The van der Waals surface area contributed by atoms with Crippen LogP contribution in [0.5, 0.6) is 0 Å². The Morgan fingerprint density at radius 1 is 1.42 bits per heavy atom. The number of aromatic nitrogens is 4. The molecule has 2 aromatic rings. The molecule has 0 amide bonds. The molecule has 19 heavy (non-hydrogen) atoms. The first-order valence-electron chi connectivity index (χ1n) is 6.34. The maximum Gasteiger partial charge on any atom is 0.229 e. The minimum atomic E-state index is 0.572. The minimum absolute atomic E-state index is 0.572. The molecule has 1 aliphatic rings. The Morgan fingerprint density at radius 3 is 3.00 bits per heavy atom. The van der Waals surface area contributed by atoms with E-state index in [9.17, 15) is 0 Å². The van der Waals surface area contributed by atoms with Crippen LogP contribution in [0.2, 0.25) is 0 Å². The standard InChI is InChI=1S/C12H15BrN6/c1-2-14-11-8(13)5-15-12(18-11)17-9-6-16-19-10(9)7-3-4-7/h5-7H,2-4H2,1H3,(H,16,19)(H2,14,15,17,18). The van der Waals surface area contributed by atoms with Crippen molar-refractivity contribution < 1.29 is 0 Å². The van der Waals surface area contributed by atoms with Crippen molar-refractivity contribution in [3.63, 3.8) is 0 Å². The summed E-state index contributed by atoms with van der Waals surface area (Å²) in [6.07, 6.45) is 5.97. The highest BCUT2D eigenvalue weighted by Gasteiger charge is 2.28. The minimum Gasteiger partial charge on any atom is -0.369 e. The lowest BCUT2D eigenvalue weighted by molar-refractivity contribution is 0.965. The predicted octanol–water partition coefficient (Wildman–Crippen LogP) is 3.02. The first-order valence-corrected chi connectivity index (χ1v) is 7.14. The highest BCUT2D eigenvalue weighted by atomic mass is 79.9. The van der Waals surface area contributed by atoms with Crippen LogP contribution in [-0.4, -0.2) is 26.7 Å². The fraction of sp³-hybridized carbons (Fsp3) is 0.417. The van der Waals surface area contributed by atoms with E-state index >= 15 is 0 Å². The van der Waals surface area contributed by atoms with Gasteiger partial charge in [0.05, 0.1) is 22.1 Å². The first kappa shape index (κ1) is 12.4. The summed E-state index contributed by atoms with van der Waals surface area (Å²) in [5.41, 5.74) is 2.11. The number of hydrogen-bond acceptors (Lipinski definition) is 5. The summed E-state index contributed by atoms with van der Waals surface area (Å²) in [5, 5.41) is 13.5. The lowest BCUT2D eigenvalue weighted by Crippen LogP contribution is -2.04. The van der Waals surface area contributed by atoms with E-state index in [2.05, 4.69) is 46.7 Å². The zero-order chi connectivity index (χ0) is 13.2. The van der Waals surface area contributed by atoms with Gasteiger partial charge in [0, 0.05) is 18.7 Å². The number of anilines is 3. The van der Waals surface area contributed by atoms with Gasteiger partial charge in [0.2, 0.25) is 5.95 Å². The van der Waals surface area contributed by atoms with E-state index in [1.165, 1.54) is 12.8 Å².